The van der Waals surface area contributed by atoms with Crippen LogP contribution in [0.2, 0.25) is 0 Å². The van der Waals surface area contributed by atoms with Gasteiger partial charge in [0, 0.05) is 32.8 Å². The molecule has 0 amide bonds. The van der Waals surface area contributed by atoms with Crippen LogP contribution < -0.4 is 0 Å². The summed E-state index contributed by atoms with van der Waals surface area (Å²) in [4.78, 5) is 0. The lowest BCUT2D eigenvalue weighted by Crippen LogP contribution is -2.43. The van der Waals surface area contributed by atoms with Crippen LogP contribution in [0.15, 0.2) is 0 Å². The van der Waals surface area contributed by atoms with Crippen LogP contribution in [-0.2, 0) is 14.2 Å². The van der Waals surface area contributed by atoms with Crippen molar-refractivity contribution in [2.45, 2.75) is 44.3 Å². The van der Waals surface area contributed by atoms with Gasteiger partial charge in [-0.2, -0.15) is 0 Å². The Bertz CT molecular complexity index is 225. The number of ether oxygens (including phenoxy) is 3. The van der Waals surface area contributed by atoms with Crippen molar-refractivity contribution in [3.05, 3.63) is 0 Å². The van der Waals surface area contributed by atoms with E-state index in [1.165, 1.54) is 0 Å². The maximum atomic E-state index is 10.2. The molecule has 4 nitrogen and oxygen atoms in total. The summed E-state index contributed by atoms with van der Waals surface area (Å²) in [5, 5.41) is 10.2. The third-order valence-corrected chi connectivity index (χ3v) is 3.90. The highest BCUT2D eigenvalue weighted by Gasteiger charge is 2.42. The van der Waals surface area contributed by atoms with Gasteiger partial charge in [-0.3, -0.25) is 0 Å². The SMILES string of the molecule is CCOCCC(O)C1CCOC2(CCOC2)C1. The summed E-state index contributed by atoms with van der Waals surface area (Å²) in [6, 6.07) is 0. The van der Waals surface area contributed by atoms with Crippen molar-refractivity contribution in [1.82, 2.24) is 0 Å². The topological polar surface area (TPSA) is 47.9 Å². The van der Waals surface area contributed by atoms with E-state index in [1.807, 2.05) is 6.92 Å². The van der Waals surface area contributed by atoms with E-state index in [0.29, 0.717) is 19.1 Å². The van der Waals surface area contributed by atoms with E-state index in [0.717, 1.165) is 45.5 Å². The lowest BCUT2D eigenvalue weighted by Gasteiger charge is -2.39. The molecule has 0 saturated carbocycles. The maximum absolute atomic E-state index is 10.2. The van der Waals surface area contributed by atoms with E-state index in [-0.39, 0.29) is 11.7 Å². The van der Waals surface area contributed by atoms with E-state index in [9.17, 15) is 5.11 Å². The molecule has 0 aromatic heterocycles. The molecule has 1 N–H and O–H groups in total. The first-order valence-electron chi connectivity index (χ1n) is 6.73. The highest BCUT2D eigenvalue weighted by molar-refractivity contribution is 4.92. The second kappa shape index (κ2) is 6.14. The van der Waals surface area contributed by atoms with E-state index >= 15 is 0 Å². The number of rotatable bonds is 5. The average molecular weight is 244 g/mol. The molecule has 17 heavy (non-hydrogen) atoms. The second-order valence-electron chi connectivity index (χ2n) is 5.14. The Morgan fingerprint density at radius 1 is 1.47 bits per heavy atom. The van der Waals surface area contributed by atoms with Crippen molar-refractivity contribution in [1.29, 1.82) is 0 Å². The van der Waals surface area contributed by atoms with E-state index in [1.54, 1.807) is 0 Å². The third kappa shape index (κ3) is 3.41. The fraction of sp³-hybridized carbons (Fsp3) is 1.00. The minimum Gasteiger partial charge on any atom is -0.393 e. The van der Waals surface area contributed by atoms with E-state index in [2.05, 4.69) is 0 Å². The van der Waals surface area contributed by atoms with Crippen LogP contribution in [0.4, 0.5) is 0 Å². The quantitative estimate of drug-likeness (QED) is 0.742. The molecule has 4 heteroatoms. The molecule has 2 heterocycles. The molecular formula is C13H24O4. The summed E-state index contributed by atoms with van der Waals surface area (Å²) < 4.78 is 16.6. The molecule has 2 aliphatic heterocycles. The Balaban J connectivity index is 1.79. The molecule has 2 rings (SSSR count). The maximum Gasteiger partial charge on any atom is 0.0940 e. The van der Waals surface area contributed by atoms with Gasteiger partial charge in [0.05, 0.1) is 18.3 Å². The zero-order valence-corrected chi connectivity index (χ0v) is 10.7. The van der Waals surface area contributed by atoms with Crippen molar-refractivity contribution in [2.24, 2.45) is 5.92 Å². The van der Waals surface area contributed by atoms with Crippen LogP contribution >= 0.6 is 0 Å². The number of aliphatic hydroxyl groups excluding tert-OH is 1. The number of hydrogen-bond donors (Lipinski definition) is 1. The van der Waals surface area contributed by atoms with Crippen molar-refractivity contribution >= 4 is 0 Å². The molecule has 1 spiro atoms. The molecule has 100 valence electrons. The zero-order chi connectivity index (χ0) is 12.1. The lowest BCUT2D eigenvalue weighted by atomic mass is 9.81. The summed E-state index contributed by atoms with van der Waals surface area (Å²) in [5.74, 6) is 0.339. The molecule has 2 aliphatic rings. The Labute approximate surface area is 103 Å². The van der Waals surface area contributed by atoms with Crippen molar-refractivity contribution in [3.8, 4) is 0 Å². The predicted octanol–water partition coefficient (Wildman–Crippen LogP) is 1.36. The van der Waals surface area contributed by atoms with Gasteiger partial charge in [-0.1, -0.05) is 0 Å². The molecule has 0 aromatic carbocycles. The predicted molar refractivity (Wildman–Crippen MR) is 64.0 cm³/mol. The molecule has 0 bridgehead atoms. The van der Waals surface area contributed by atoms with Crippen LogP contribution in [0.1, 0.15) is 32.6 Å². The second-order valence-corrected chi connectivity index (χ2v) is 5.14. The molecule has 2 saturated heterocycles. The first-order valence-corrected chi connectivity index (χ1v) is 6.73. The minimum absolute atomic E-state index is 0.102. The molecule has 3 unspecified atom stereocenters. The van der Waals surface area contributed by atoms with Gasteiger partial charge in [-0.25, -0.2) is 0 Å². The monoisotopic (exact) mass is 244 g/mol. The fourth-order valence-electron chi connectivity index (χ4n) is 2.84. The average Bonchev–Trinajstić information content (AvgIpc) is 2.77. The molecular weight excluding hydrogens is 220 g/mol. The molecule has 0 radical (unpaired) electrons. The summed E-state index contributed by atoms with van der Waals surface area (Å²) in [5.41, 5.74) is -0.102. The summed E-state index contributed by atoms with van der Waals surface area (Å²) in [6.07, 6.45) is 3.33. The van der Waals surface area contributed by atoms with Gasteiger partial charge in [0.2, 0.25) is 0 Å². The largest absolute Gasteiger partial charge is 0.393 e. The van der Waals surface area contributed by atoms with Gasteiger partial charge in [0.1, 0.15) is 0 Å². The van der Waals surface area contributed by atoms with Crippen molar-refractivity contribution in [2.75, 3.05) is 33.0 Å². The first-order chi connectivity index (χ1) is 8.26. The molecule has 0 aliphatic carbocycles. The zero-order valence-electron chi connectivity index (χ0n) is 10.7. The Kier molecular flexibility index (Phi) is 4.79. The normalized spacial score (nSPS) is 35.3. The fourth-order valence-corrected chi connectivity index (χ4v) is 2.84. The molecule has 0 aromatic rings. The summed E-state index contributed by atoms with van der Waals surface area (Å²) in [7, 11) is 0. The first kappa shape index (κ1) is 13.3. The third-order valence-electron chi connectivity index (χ3n) is 3.90. The van der Waals surface area contributed by atoms with Gasteiger partial charge >= 0.3 is 0 Å². The van der Waals surface area contributed by atoms with Crippen LogP contribution in [0, 0.1) is 5.92 Å². The Morgan fingerprint density at radius 3 is 3.06 bits per heavy atom. The Hall–Kier alpha value is -0.160. The Morgan fingerprint density at radius 2 is 2.35 bits per heavy atom. The van der Waals surface area contributed by atoms with Gasteiger partial charge in [0.25, 0.3) is 0 Å². The van der Waals surface area contributed by atoms with Crippen molar-refractivity contribution in [3.63, 3.8) is 0 Å². The van der Waals surface area contributed by atoms with Crippen LogP contribution in [0.3, 0.4) is 0 Å². The minimum atomic E-state index is -0.261. The number of aliphatic hydroxyl groups is 1. The van der Waals surface area contributed by atoms with E-state index < -0.39 is 0 Å². The van der Waals surface area contributed by atoms with E-state index in [4.69, 9.17) is 14.2 Å². The molecule has 2 fully saturated rings. The highest BCUT2D eigenvalue weighted by atomic mass is 16.6. The summed E-state index contributed by atoms with van der Waals surface area (Å²) >= 11 is 0. The van der Waals surface area contributed by atoms with Gasteiger partial charge < -0.3 is 19.3 Å². The van der Waals surface area contributed by atoms with Gasteiger partial charge in [-0.05, 0) is 32.1 Å². The lowest BCUT2D eigenvalue weighted by molar-refractivity contribution is -0.118. The van der Waals surface area contributed by atoms with Crippen molar-refractivity contribution < 1.29 is 19.3 Å². The van der Waals surface area contributed by atoms with Gasteiger partial charge in [0.15, 0.2) is 0 Å². The standard InChI is InChI=1S/C13H24O4/c1-2-15-6-4-12(14)11-3-7-17-13(9-11)5-8-16-10-13/h11-12,14H,2-10H2,1H3. The van der Waals surface area contributed by atoms with Crippen LogP contribution in [0.25, 0.3) is 0 Å². The number of hydrogen-bond acceptors (Lipinski definition) is 4. The smallest absolute Gasteiger partial charge is 0.0940 e. The molecule has 3 atom stereocenters. The highest BCUT2D eigenvalue weighted by Crippen LogP contribution is 2.37. The summed E-state index contributed by atoms with van der Waals surface area (Å²) in [6.45, 7) is 5.59. The van der Waals surface area contributed by atoms with Gasteiger partial charge in [-0.15, -0.1) is 0 Å². The van der Waals surface area contributed by atoms with Crippen LogP contribution in [-0.4, -0.2) is 49.8 Å². The van der Waals surface area contributed by atoms with Crippen LogP contribution in [0.5, 0.6) is 0 Å².